The van der Waals surface area contributed by atoms with Crippen molar-refractivity contribution in [2.75, 3.05) is 0 Å². The predicted molar refractivity (Wildman–Crippen MR) is 83.9 cm³/mol. The Labute approximate surface area is 119 Å². The maximum absolute atomic E-state index is 4.71. The molecule has 0 aliphatic rings. The zero-order valence-corrected chi connectivity index (χ0v) is 12.4. The van der Waals surface area contributed by atoms with Gasteiger partial charge in [0, 0.05) is 17.1 Å². The van der Waals surface area contributed by atoms with Crippen LogP contribution in [0.4, 0.5) is 0 Å². The van der Waals surface area contributed by atoms with Gasteiger partial charge in [-0.1, -0.05) is 12.1 Å². The van der Waals surface area contributed by atoms with E-state index in [0.717, 1.165) is 22.3 Å². The van der Waals surface area contributed by atoms with Crippen molar-refractivity contribution in [3.05, 3.63) is 58.8 Å². The topological polar surface area (TPSA) is 25.8 Å². The average Bonchev–Trinajstić information content (AvgIpc) is 2.43. The third kappa shape index (κ3) is 2.18. The molecule has 1 aromatic heterocycles. The molecule has 2 heteroatoms. The lowest BCUT2D eigenvalue weighted by Crippen LogP contribution is -1.94. The van der Waals surface area contributed by atoms with Crippen molar-refractivity contribution in [2.45, 2.75) is 27.7 Å². The zero-order valence-electron chi connectivity index (χ0n) is 12.4. The minimum absolute atomic E-state index is 0.800. The number of nitrogens with zero attached hydrogens (tertiary/aromatic N) is 2. The summed E-state index contributed by atoms with van der Waals surface area (Å²) in [5.41, 5.74) is 7.23. The molecule has 0 fully saturated rings. The first-order valence-electron chi connectivity index (χ1n) is 6.86. The Bertz CT molecular complexity index is 781. The van der Waals surface area contributed by atoms with Gasteiger partial charge in [0.2, 0.25) is 0 Å². The van der Waals surface area contributed by atoms with Crippen LogP contribution in [-0.2, 0) is 0 Å². The molecule has 1 heterocycles. The molecule has 0 saturated carbocycles. The van der Waals surface area contributed by atoms with Gasteiger partial charge in [0.05, 0.1) is 5.52 Å². The zero-order chi connectivity index (χ0) is 14.3. The summed E-state index contributed by atoms with van der Waals surface area (Å²) in [5, 5.41) is 1.08. The normalized spacial score (nSPS) is 11.0. The molecule has 20 heavy (non-hydrogen) atoms. The van der Waals surface area contributed by atoms with E-state index in [9.17, 15) is 0 Å². The molecule has 0 radical (unpaired) electrons. The van der Waals surface area contributed by atoms with Gasteiger partial charge in [-0.05, 0) is 68.1 Å². The number of hydrogen-bond donors (Lipinski definition) is 0. The van der Waals surface area contributed by atoms with Crippen molar-refractivity contribution < 1.29 is 0 Å². The summed E-state index contributed by atoms with van der Waals surface area (Å²) in [6, 6.07) is 10.6. The fourth-order valence-corrected chi connectivity index (χ4v) is 2.44. The van der Waals surface area contributed by atoms with Crippen LogP contribution in [0, 0.1) is 27.7 Å². The van der Waals surface area contributed by atoms with E-state index in [0.29, 0.717) is 0 Å². The lowest BCUT2D eigenvalue weighted by atomic mass is 10.0. The molecule has 0 bridgehead atoms. The van der Waals surface area contributed by atoms with Crippen LogP contribution in [-0.4, -0.2) is 9.97 Å². The molecule has 0 aliphatic carbocycles. The van der Waals surface area contributed by atoms with E-state index in [1.54, 1.807) is 0 Å². The van der Waals surface area contributed by atoms with E-state index >= 15 is 0 Å². The maximum Gasteiger partial charge on any atom is 0.159 e. The highest BCUT2D eigenvalue weighted by molar-refractivity contribution is 5.80. The largest absolute Gasteiger partial charge is 0.236 e. The van der Waals surface area contributed by atoms with Crippen LogP contribution in [0.5, 0.6) is 0 Å². The third-order valence-electron chi connectivity index (χ3n) is 3.92. The summed E-state index contributed by atoms with van der Waals surface area (Å²) in [4.78, 5) is 9.21. The first kappa shape index (κ1) is 12.8. The Balaban J connectivity index is 2.19. The molecule has 0 amide bonds. The molecular weight excluding hydrogens is 244 g/mol. The Kier molecular flexibility index (Phi) is 3.01. The first-order valence-corrected chi connectivity index (χ1v) is 6.86. The highest BCUT2D eigenvalue weighted by Crippen LogP contribution is 2.24. The number of aromatic nitrogens is 2. The number of fused-ring (bicyclic) bond motifs is 1. The van der Waals surface area contributed by atoms with Crippen LogP contribution in [0.3, 0.4) is 0 Å². The van der Waals surface area contributed by atoms with Gasteiger partial charge >= 0.3 is 0 Å². The molecule has 0 unspecified atom stereocenters. The fraction of sp³-hybridized carbons (Fsp3) is 0.222. The minimum atomic E-state index is 0.800. The summed E-state index contributed by atoms with van der Waals surface area (Å²) in [6.45, 7) is 8.51. The van der Waals surface area contributed by atoms with Gasteiger partial charge in [-0.2, -0.15) is 0 Å². The van der Waals surface area contributed by atoms with E-state index in [1.165, 1.54) is 22.3 Å². The van der Waals surface area contributed by atoms with Crippen LogP contribution >= 0.6 is 0 Å². The smallest absolute Gasteiger partial charge is 0.159 e. The average molecular weight is 262 g/mol. The van der Waals surface area contributed by atoms with Crippen LogP contribution in [0.25, 0.3) is 22.3 Å². The minimum Gasteiger partial charge on any atom is -0.236 e. The molecule has 0 spiro atoms. The van der Waals surface area contributed by atoms with Crippen molar-refractivity contribution in [1.82, 2.24) is 9.97 Å². The lowest BCUT2D eigenvalue weighted by molar-refractivity contribution is 1.20. The Morgan fingerprint density at radius 3 is 2.25 bits per heavy atom. The van der Waals surface area contributed by atoms with Crippen LogP contribution in [0.2, 0.25) is 0 Å². The van der Waals surface area contributed by atoms with Crippen molar-refractivity contribution >= 4 is 10.9 Å². The molecule has 3 aromatic rings. The molecule has 2 aromatic carbocycles. The van der Waals surface area contributed by atoms with E-state index in [2.05, 4.69) is 63.0 Å². The Morgan fingerprint density at radius 1 is 0.850 bits per heavy atom. The molecule has 100 valence electrons. The second-order valence-electron chi connectivity index (χ2n) is 5.49. The van der Waals surface area contributed by atoms with Crippen LogP contribution in [0.15, 0.2) is 36.5 Å². The quantitative estimate of drug-likeness (QED) is 0.644. The first-order chi connectivity index (χ1) is 9.54. The molecule has 2 nitrogen and oxygen atoms in total. The van der Waals surface area contributed by atoms with Crippen molar-refractivity contribution in [2.24, 2.45) is 0 Å². The van der Waals surface area contributed by atoms with Gasteiger partial charge in [0.15, 0.2) is 5.82 Å². The molecule has 0 atom stereocenters. The molecule has 0 saturated heterocycles. The second kappa shape index (κ2) is 4.71. The second-order valence-corrected chi connectivity index (χ2v) is 5.49. The summed E-state index contributed by atoms with van der Waals surface area (Å²) in [5.74, 6) is 0.800. The van der Waals surface area contributed by atoms with E-state index in [-0.39, 0.29) is 0 Å². The fourth-order valence-electron chi connectivity index (χ4n) is 2.44. The van der Waals surface area contributed by atoms with E-state index in [4.69, 9.17) is 4.98 Å². The summed E-state index contributed by atoms with van der Waals surface area (Å²) in [6.07, 6.45) is 1.90. The highest BCUT2D eigenvalue weighted by Gasteiger charge is 2.07. The van der Waals surface area contributed by atoms with Gasteiger partial charge in [0.25, 0.3) is 0 Å². The summed E-state index contributed by atoms with van der Waals surface area (Å²) >= 11 is 0. The SMILES string of the molecule is Cc1ccc2cnc(-c3cc(C)c(C)c(C)c3)nc2c1. The number of aryl methyl sites for hydroxylation is 3. The van der Waals surface area contributed by atoms with Gasteiger partial charge in [-0.25, -0.2) is 9.97 Å². The van der Waals surface area contributed by atoms with Gasteiger partial charge in [-0.15, -0.1) is 0 Å². The lowest BCUT2D eigenvalue weighted by Gasteiger charge is -2.09. The summed E-state index contributed by atoms with van der Waals surface area (Å²) in [7, 11) is 0. The maximum atomic E-state index is 4.71. The predicted octanol–water partition coefficient (Wildman–Crippen LogP) is 4.53. The third-order valence-corrected chi connectivity index (χ3v) is 3.92. The number of benzene rings is 2. The van der Waals surface area contributed by atoms with Gasteiger partial charge < -0.3 is 0 Å². The van der Waals surface area contributed by atoms with Crippen LogP contribution in [0.1, 0.15) is 22.3 Å². The van der Waals surface area contributed by atoms with Crippen LogP contribution < -0.4 is 0 Å². The van der Waals surface area contributed by atoms with Crippen molar-refractivity contribution in [3.63, 3.8) is 0 Å². The number of hydrogen-bond acceptors (Lipinski definition) is 2. The van der Waals surface area contributed by atoms with Crippen molar-refractivity contribution in [1.29, 1.82) is 0 Å². The van der Waals surface area contributed by atoms with Gasteiger partial charge in [0.1, 0.15) is 0 Å². The van der Waals surface area contributed by atoms with Gasteiger partial charge in [-0.3, -0.25) is 0 Å². The molecule has 0 aliphatic heterocycles. The molecule has 0 N–H and O–H groups in total. The van der Waals surface area contributed by atoms with E-state index < -0.39 is 0 Å². The summed E-state index contributed by atoms with van der Waals surface area (Å²) < 4.78 is 0. The Hall–Kier alpha value is -2.22. The standard InChI is InChI=1S/C18H18N2/c1-11-5-6-15-10-19-18(20-17(15)7-11)16-8-12(2)14(4)13(3)9-16/h5-10H,1-4H3. The van der Waals surface area contributed by atoms with Crippen molar-refractivity contribution in [3.8, 4) is 11.4 Å². The highest BCUT2D eigenvalue weighted by atomic mass is 14.9. The van der Waals surface area contributed by atoms with E-state index in [1.807, 2.05) is 6.20 Å². The Morgan fingerprint density at radius 2 is 1.55 bits per heavy atom. The molecule has 3 rings (SSSR count). The number of rotatable bonds is 1. The monoisotopic (exact) mass is 262 g/mol. The molecular formula is C18H18N2.